The average Bonchev–Trinajstić information content (AvgIpc) is 3.22. The van der Waals surface area contributed by atoms with Crippen LogP contribution in [0.3, 0.4) is 0 Å². The van der Waals surface area contributed by atoms with Gasteiger partial charge >= 0.3 is 0 Å². The van der Waals surface area contributed by atoms with Crippen molar-refractivity contribution in [2.45, 2.75) is 89.9 Å². The van der Waals surface area contributed by atoms with E-state index in [1.165, 1.54) is 25.7 Å². The van der Waals surface area contributed by atoms with Crippen molar-refractivity contribution in [3.05, 3.63) is 11.6 Å². The van der Waals surface area contributed by atoms with Crippen molar-refractivity contribution in [1.29, 1.82) is 0 Å². The van der Waals surface area contributed by atoms with E-state index in [1.807, 2.05) is 0 Å². The van der Waals surface area contributed by atoms with Crippen LogP contribution in [0.1, 0.15) is 78.6 Å². The van der Waals surface area contributed by atoms with Crippen LogP contribution in [0.4, 0.5) is 0 Å². The standard InChI is InChI=1S/C23H36O3/c1-4-22(24)12-11-20(2)16(15-22)5-6-17-18(20)7-9-21(3)19(17)8-10-23(21)25-13-14-26-23/h5,17-19,24H,4,6-15H2,1-3H3/t17-,18+,19+,20+,21+,22+/m1/s1. The fraction of sp³-hybridized carbons (Fsp3) is 0.913. The van der Waals surface area contributed by atoms with Crippen LogP contribution in [0.25, 0.3) is 0 Å². The highest BCUT2D eigenvalue weighted by molar-refractivity contribution is 5.27. The van der Waals surface area contributed by atoms with Gasteiger partial charge in [-0.15, -0.1) is 0 Å². The Morgan fingerprint density at radius 2 is 1.77 bits per heavy atom. The monoisotopic (exact) mass is 360 g/mol. The minimum Gasteiger partial charge on any atom is -0.390 e. The summed E-state index contributed by atoms with van der Waals surface area (Å²) in [7, 11) is 0. The van der Waals surface area contributed by atoms with Crippen LogP contribution in [-0.2, 0) is 9.47 Å². The molecule has 4 fully saturated rings. The van der Waals surface area contributed by atoms with Crippen LogP contribution in [0, 0.1) is 28.6 Å². The third-order valence-corrected chi connectivity index (χ3v) is 9.71. The fourth-order valence-corrected chi connectivity index (χ4v) is 7.90. The van der Waals surface area contributed by atoms with E-state index >= 15 is 0 Å². The maximum atomic E-state index is 10.9. The normalized spacial score (nSPS) is 52.3. The Labute approximate surface area is 158 Å². The zero-order chi connectivity index (χ0) is 18.2. The molecular weight excluding hydrogens is 324 g/mol. The molecule has 0 aromatic heterocycles. The van der Waals surface area contributed by atoms with Crippen LogP contribution in [-0.4, -0.2) is 29.7 Å². The van der Waals surface area contributed by atoms with E-state index in [-0.39, 0.29) is 11.2 Å². The Bertz CT molecular complexity index is 621. The molecule has 3 heteroatoms. The number of fused-ring (bicyclic) bond motifs is 6. The lowest BCUT2D eigenvalue weighted by Crippen LogP contribution is -2.55. The molecule has 3 saturated carbocycles. The van der Waals surface area contributed by atoms with Gasteiger partial charge in [-0.25, -0.2) is 0 Å². The molecule has 1 aliphatic heterocycles. The zero-order valence-electron chi connectivity index (χ0n) is 16.9. The molecule has 0 aromatic rings. The summed E-state index contributed by atoms with van der Waals surface area (Å²) in [5.74, 6) is 1.98. The van der Waals surface area contributed by atoms with Gasteiger partial charge < -0.3 is 14.6 Å². The third-order valence-electron chi connectivity index (χ3n) is 9.71. The Hall–Kier alpha value is -0.380. The summed E-state index contributed by atoms with van der Waals surface area (Å²) in [4.78, 5) is 0. The van der Waals surface area contributed by atoms with E-state index in [9.17, 15) is 5.11 Å². The van der Waals surface area contributed by atoms with E-state index < -0.39 is 5.60 Å². The lowest BCUT2D eigenvalue weighted by atomic mass is 9.47. The third kappa shape index (κ3) is 2.11. The summed E-state index contributed by atoms with van der Waals surface area (Å²) in [6.45, 7) is 8.66. The van der Waals surface area contributed by atoms with Gasteiger partial charge in [0.1, 0.15) is 0 Å². The number of allylic oxidation sites excluding steroid dienone is 1. The summed E-state index contributed by atoms with van der Waals surface area (Å²) in [5, 5.41) is 10.9. The lowest BCUT2D eigenvalue weighted by molar-refractivity contribution is -0.242. The number of rotatable bonds is 1. The molecule has 1 saturated heterocycles. The molecule has 26 heavy (non-hydrogen) atoms. The molecule has 0 amide bonds. The maximum Gasteiger partial charge on any atom is 0.174 e. The van der Waals surface area contributed by atoms with Crippen molar-refractivity contribution in [1.82, 2.24) is 0 Å². The van der Waals surface area contributed by atoms with E-state index in [4.69, 9.17) is 9.47 Å². The van der Waals surface area contributed by atoms with Crippen molar-refractivity contribution < 1.29 is 14.6 Å². The molecule has 4 aliphatic carbocycles. The molecule has 0 aromatic carbocycles. The molecule has 0 bridgehead atoms. The number of aliphatic hydroxyl groups is 1. The average molecular weight is 361 g/mol. The Morgan fingerprint density at radius 3 is 2.50 bits per heavy atom. The quantitative estimate of drug-likeness (QED) is 0.681. The molecule has 0 radical (unpaired) electrons. The van der Waals surface area contributed by atoms with Crippen molar-refractivity contribution in [2.24, 2.45) is 28.6 Å². The molecule has 1 heterocycles. The second-order valence-corrected chi connectivity index (χ2v) is 10.5. The lowest BCUT2D eigenvalue weighted by Gasteiger charge is -2.59. The Morgan fingerprint density at radius 1 is 1.04 bits per heavy atom. The van der Waals surface area contributed by atoms with Crippen molar-refractivity contribution >= 4 is 0 Å². The highest BCUT2D eigenvalue weighted by atomic mass is 16.7. The van der Waals surface area contributed by atoms with Crippen molar-refractivity contribution in [3.8, 4) is 0 Å². The van der Waals surface area contributed by atoms with Crippen LogP contribution < -0.4 is 0 Å². The second kappa shape index (κ2) is 5.58. The summed E-state index contributed by atoms with van der Waals surface area (Å²) >= 11 is 0. The molecule has 3 nitrogen and oxygen atoms in total. The zero-order valence-corrected chi connectivity index (χ0v) is 16.9. The molecule has 5 rings (SSSR count). The Kier molecular flexibility index (Phi) is 3.80. The van der Waals surface area contributed by atoms with Gasteiger partial charge in [0.05, 0.1) is 18.8 Å². The van der Waals surface area contributed by atoms with Crippen LogP contribution in [0.2, 0.25) is 0 Å². The highest BCUT2D eigenvalue weighted by Crippen LogP contribution is 2.68. The first kappa shape index (κ1) is 17.7. The second-order valence-electron chi connectivity index (χ2n) is 10.5. The van der Waals surface area contributed by atoms with Crippen LogP contribution in [0.5, 0.6) is 0 Å². The molecule has 0 unspecified atom stereocenters. The molecule has 1 spiro atoms. The maximum absolute atomic E-state index is 10.9. The fourth-order valence-electron chi connectivity index (χ4n) is 7.90. The highest BCUT2D eigenvalue weighted by Gasteiger charge is 2.66. The van der Waals surface area contributed by atoms with Gasteiger partial charge in [0.2, 0.25) is 0 Å². The summed E-state index contributed by atoms with van der Waals surface area (Å²) in [5.41, 5.74) is 1.60. The van der Waals surface area contributed by atoms with Crippen LogP contribution in [0.15, 0.2) is 11.6 Å². The van der Waals surface area contributed by atoms with Gasteiger partial charge in [-0.3, -0.25) is 0 Å². The first-order chi connectivity index (χ1) is 12.4. The predicted molar refractivity (Wildman–Crippen MR) is 102 cm³/mol. The number of hydrogen-bond acceptors (Lipinski definition) is 3. The SMILES string of the molecule is CC[C@]1(O)CC[C@@]2(C)C(=CC[C@@H]3[C@@H]2CC[C@@]2(C)[C@H]3CCC23OCCO3)C1. The van der Waals surface area contributed by atoms with E-state index in [0.717, 1.165) is 63.1 Å². The first-order valence-corrected chi connectivity index (χ1v) is 11.1. The smallest absolute Gasteiger partial charge is 0.174 e. The van der Waals surface area contributed by atoms with E-state index in [1.54, 1.807) is 5.57 Å². The van der Waals surface area contributed by atoms with Gasteiger partial charge in [-0.1, -0.05) is 32.4 Å². The molecule has 5 aliphatic rings. The molecular formula is C23H36O3. The molecule has 1 N–H and O–H groups in total. The van der Waals surface area contributed by atoms with Gasteiger partial charge in [-0.2, -0.15) is 0 Å². The summed E-state index contributed by atoms with van der Waals surface area (Å²) < 4.78 is 12.5. The van der Waals surface area contributed by atoms with Gasteiger partial charge in [0.25, 0.3) is 0 Å². The summed E-state index contributed by atoms with van der Waals surface area (Å²) in [6.07, 6.45) is 12.5. The van der Waals surface area contributed by atoms with Gasteiger partial charge in [-0.05, 0) is 74.5 Å². The number of hydrogen-bond donors (Lipinski definition) is 1. The number of ether oxygens (including phenoxy) is 2. The largest absolute Gasteiger partial charge is 0.390 e. The van der Waals surface area contributed by atoms with Gasteiger partial charge in [0, 0.05) is 11.8 Å². The minimum absolute atomic E-state index is 0.186. The topological polar surface area (TPSA) is 38.7 Å². The van der Waals surface area contributed by atoms with Crippen molar-refractivity contribution in [3.63, 3.8) is 0 Å². The van der Waals surface area contributed by atoms with Crippen LogP contribution >= 0.6 is 0 Å². The van der Waals surface area contributed by atoms with E-state index in [0.29, 0.717) is 5.41 Å². The first-order valence-electron chi connectivity index (χ1n) is 11.1. The van der Waals surface area contributed by atoms with Crippen molar-refractivity contribution in [2.75, 3.05) is 13.2 Å². The van der Waals surface area contributed by atoms with E-state index in [2.05, 4.69) is 26.8 Å². The molecule has 146 valence electrons. The predicted octanol–water partition coefficient (Wildman–Crippen LogP) is 4.83. The van der Waals surface area contributed by atoms with Gasteiger partial charge in [0.15, 0.2) is 5.79 Å². The minimum atomic E-state index is -0.454. The Balaban J connectivity index is 1.46. The summed E-state index contributed by atoms with van der Waals surface area (Å²) in [6, 6.07) is 0. The molecule has 6 atom stereocenters.